The SMILES string of the molecule is Cc1c([C@@H](N)N[S@+]([O-])C(C)(C)C)cc(F)cc1C(F)(F)F. The molecule has 1 aromatic carbocycles. The second-order valence-corrected chi connectivity index (χ2v) is 7.64. The fourth-order valence-electron chi connectivity index (χ4n) is 1.67. The van der Waals surface area contributed by atoms with Crippen LogP contribution in [0.25, 0.3) is 0 Å². The van der Waals surface area contributed by atoms with Crippen molar-refractivity contribution in [1.82, 2.24) is 4.72 Å². The van der Waals surface area contributed by atoms with Crippen molar-refractivity contribution in [3.05, 3.63) is 34.6 Å². The van der Waals surface area contributed by atoms with Gasteiger partial charge in [-0.1, -0.05) is 0 Å². The minimum absolute atomic E-state index is 0.0695. The Balaban J connectivity index is 3.16. The first-order valence-corrected chi connectivity index (χ1v) is 7.30. The highest BCUT2D eigenvalue weighted by atomic mass is 32.2. The third-order valence-electron chi connectivity index (χ3n) is 2.84. The molecule has 0 bridgehead atoms. The summed E-state index contributed by atoms with van der Waals surface area (Å²) < 4.78 is 65.7. The monoisotopic (exact) mass is 326 g/mol. The molecular formula is C13H18F4N2OS. The summed E-state index contributed by atoms with van der Waals surface area (Å²) in [6, 6.07) is 1.34. The van der Waals surface area contributed by atoms with Crippen molar-refractivity contribution < 1.29 is 22.1 Å². The van der Waals surface area contributed by atoms with Gasteiger partial charge in [0.2, 0.25) is 0 Å². The van der Waals surface area contributed by atoms with Crippen molar-refractivity contribution in [2.75, 3.05) is 0 Å². The molecule has 1 rings (SSSR count). The van der Waals surface area contributed by atoms with Gasteiger partial charge in [-0.2, -0.15) is 13.2 Å². The maximum absolute atomic E-state index is 13.4. The van der Waals surface area contributed by atoms with E-state index in [1.165, 1.54) is 6.92 Å². The van der Waals surface area contributed by atoms with Crippen LogP contribution in [0.15, 0.2) is 12.1 Å². The van der Waals surface area contributed by atoms with Crippen molar-refractivity contribution in [3.8, 4) is 0 Å². The fourth-order valence-corrected chi connectivity index (χ4v) is 2.38. The summed E-state index contributed by atoms with van der Waals surface area (Å²) >= 11 is -1.59. The lowest BCUT2D eigenvalue weighted by Gasteiger charge is -2.27. The van der Waals surface area contributed by atoms with Gasteiger partial charge >= 0.3 is 6.18 Å². The summed E-state index contributed by atoms with van der Waals surface area (Å²) in [6.45, 7) is 6.26. The zero-order valence-electron chi connectivity index (χ0n) is 12.1. The van der Waals surface area contributed by atoms with Gasteiger partial charge in [0.05, 0.1) is 5.56 Å². The molecule has 0 saturated heterocycles. The van der Waals surface area contributed by atoms with Crippen LogP contribution < -0.4 is 10.5 Å². The Morgan fingerprint density at radius 1 is 1.24 bits per heavy atom. The van der Waals surface area contributed by atoms with Gasteiger partial charge in [-0.25, -0.2) is 4.39 Å². The Morgan fingerprint density at radius 2 is 1.76 bits per heavy atom. The summed E-state index contributed by atoms with van der Waals surface area (Å²) in [5.41, 5.74) is 4.39. The van der Waals surface area contributed by atoms with Crippen LogP contribution in [0.2, 0.25) is 0 Å². The molecule has 21 heavy (non-hydrogen) atoms. The molecule has 0 aliphatic rings. The molecule has 0 heterocycles. The number of hydrogen-bond donors (Lipinski definition) is 2. The molecule has 0 aliphatic heterocycles. The van der Waals surface area contributed by atoms with Crippen LogP contribution in [0.3, 0.4) is 0 Å². The zero-order valence-corrected chi connectivity index (χ0v) is 13.0. The van der Waals surface area contributed by atoms with Gasteiger partial charge < -0.3 is 10.3 Å². The standard InChI is InChI=1S/C13H18F4N2OS/c1-7-9(11(18)19-21(20)12(2,3)4)5-8(14)6-10(7)13(15,16)17/h5-6,11,19H,18H2,1-4H3/t11-,21+/m0/s1. The maximum atomic E-state index is 13.4. The number of alkyl halides is 3. The average Bonchev–Trinajstić information content (AvgIpc) is 2.28. The van der Waals surface area contributed by atoms with Crippen molar-refractivity contribution >= 4 is 11.4 Å². The van der Waals surface area contributed by atoms with Gasteiger partial charge in [0.15, 0.2) is 0 Å². The highest BCUT2D eigenvalue weighted by Crippen LogP contribution is 2.35. The number of nitrogens with two attached hydrogens (primary N) is 1. The molecule has 0 unspecified atom stereocenters. The van der Waals surface area contributed by atoms with E-state index in [0.717, 1.165) is 6.07 Å². The number of benzene rings is 1. The van der Waals surface area contributed by atoms with E-state index in [2.05, 4.69) is 4.72 Å². The van der Waals surface area contributed by atoms with Crippen LogP contribution in [0, 0.1) is 12.7 Å². The maximum Gasteiger partial charge on any atom is 0.416 e. The molecule has 3 nitrogen and oxygen atoms in total. The first kappa shape index (κ1) is 18.2. The highest BCUT2D eigenvalue weighted by molar-refractivity contribution is 7.90. The summed E-state index contributed by atoms with van der Waals surface area (Å²) in [6.07, 6.45) is -5.84. The minimum atomic E-state index is -4.68. The predicted octanol–water partition coefficient (Wildman–Crippen LogP) is 3.16. The molecule has 1 aromatic rings. The molecule has 0 radical (unpaired) electrons. The van der Waals surface area contributed by atoms with Gasteiger partial charge in [-0.05, 0) is 51.0 Å². The van der Waals surface area contributed by atoms with E-state index >= 15 is 0 Å². The van der Waals surface area contributed by atoms with Crippen molar-refractivity contribution in [2.45, 2.75) is 44.8 Å². The normalized spacial score (nSPS) is 15.9. The molecule has 0 spiro atoms. The van der Waals surface area contributed by atoms with Gasteiger partial charge in [-0.15, -0.1) is 4.72 Å². The number of halogens is 4. The molecule has 120 valence electrons. The zero-order chi connectivity index (χ0) is 16.6. The smallest absolute Gasteiger partial charge is 0.416 e. The molecule has 0 aliphatic carbocycles. The third-order valence-corrected chi connectivity index (χ3v) is 4.42. The van der Waals surface area contributed by atoms with E-state index in [1.807, 2.05) is 0 Å². The summed E-state index contributed by atoms with van der Waals surface area (Å²) in [7, 11) is 0. The van der Waals surface area contributed by atoms with Crippen molar-refractivity contribution in [2.24, 2.45) is 5.73 Å². The Hall–Kier alpha value is -0.830. The average molecular weight is 326 g/mol. The van der Waals surface area contributed by atoms with Crippen LogP contribution in [-0.2, 0) is 17.5 Å². The van der Waals surface area contributed by atoms with E-state index in [1.54, 1.807) is 20.8 Å². The van der Waals surface area contributed by atoms with Crippen LogP contribution in [-0.4, -0.2) is 9.30 Å². The molecule has 2 atom stereocenters. The quantitative estimate of drug-likeness (QED) is 0.509. The number of rotatable bonds is 3. The van der Waals surface area contributed by atoms with E-state index in [9.17, 15) is 22.1 Å². The lowest BCUT2D eigenvalue weighted by atomic mass is 10.00. The lowest BCUT2D eigenvalue weighted by Crippen LogP contribution is -2.44. The van der Waals surface area contributed by atoms with Crippen LogP contribution >= 0.6 is 0 Å². The van der Waals surface area contributed by atoms with E-state index < -0.39 is 39.8 Å². The van der Waals surface area contributed by atoms with Crippen LogP contribution in [0.5, 0.6) is 0 Å². The van der Waals surface area contributed by atoms with E-state index in [4.69, 9.17) is 5.73 Å². The van der Waals surface area contributed by atoms with Gasteiger partial charge in [0.25, 0.3) is 0 Å². The lowest BCUT2D eigenvalue weighted by molar-refractivity contribution is -0.138. The van der Waals surface area contributed by atoms with Crippen molar-refractivity contribution in [1.29, 1.82) is 0 Å². The molecule has 0 saturated carbocycles. The Labute approximate surface area is 124 Å². The van der Waals surface area contributed by atoms with Crippen LogP contribution in [0.1, 0.15) is 43.6 Å². The third kappa shape index (κ3) is 4.57. The second kappa shape index (κ2) is 6.12. The Kier molecular flexibility index (Phi) is 5.31. The first-order chi connectivity index (χ1) is 9.34. The van der Waals surface area contributed by atoms with E-state index in [0.29, 0.717) is 6.07 Å². The Morgan fingerprint density at radius 3 is 2.19 bits per heavy atom. The van der Waals surface area contributed by atoms with Crippen LogP contribution in [0.4, 0.5) is 17.6 Å². The number of hydrogen-bond acceptors (Lipinski definition) is 3. The number of nitrogens with one attached hydrogen (secondary N) is 1. The van der Waals surface area contributed by atoms with Gasteiger partial charge in [0.1, 0.15) is 16.7 Å². The topological polar surface area (TPSA) is 61.1 Å². The molecule has 0 aromatic heterocycles. The summed E-state index contributed by atoms with van der Waals surface area (Å²) in [5.74, 6) is -1.04. The fraction of sp³-hybridized carbons (Fsp3) is 0.538. The van der Waals surface area contributed by atoms with Crippen molar-refractivity contribution in [3.63, 3.8) is 0 Å². The van der Waals surface area contributed by atoms with Gasteiger partial charge in [0, 0.05) is 11.4 Å². The second-order valence-electron chi connectivity index (χ2n) is 5.64. The summed E-state index contributed by atoms with van der Waals surface area (Å²) in [4.78, 5) is 0. The first-order valence-electron chi connectivity index (χ1n) is 6.15. The largest absolute Gasteiger partial charge is 0.598 e. The van der Waals surface area contributed by atoms with Gasteiger partial charge in [-0.3, -0.25) is 0 Å². The molecule has 3 N–H and O–H groups in total. The molecule has 8 heteroatoms. The molecule has 0 fully saturated rings. The minimum Gasteiger partial charge on any atom is -0.598 e. The summed E-state index contributed by atoms with van der Waals surface area (Å²) in [5, 5.41) is 0. The highest BCUT2D eigenvalue weighted by Gasteiger charge is 2.35. The predicted molar refractivity (Wildman–Crippen MR) is 74.1 cm³/mol. The Bertz CT molecular complexity index is 514. The molecular weight excluding hydrogens is 308 g/mol. The van der Waals surface area contributed by atoms with E-state index in [-0.39, 0.29) is 11.1 Å². The molecule has 0 amide bonds.